The summed E-state index contributed by atoms with van der Waals surface area (Å²) in [5, 5.41) is 4.20. The first-order valence-corrected chi connectivity index (χ1v) is 6.11. The van der Waals surface area contributed by atoms with Crippen LogP contribution in [0.5, 0.6) is 0 Å². The summed E-state index contributed by atoms with van der Waals surface area (Å²) in [6.07, 6.45) is 1.49. The van der Waals surface area contributed by atoms with Crippen molar-refractivity contribution in [2.75, 3.05) is 5.73 Å². The lowest BCUT2D eigenvalue weighted by Crippen LogP contribution is -1.95. The van der Waals surface area contributed by atoms with E-state index in [0.29, 0.717) is 16.9 Å². The second-order valence-corrected chi connectivity index (χ2v) is 4.49. The van der Waals surface area contributed by atoms with Crippen LogP contribution in [0.3, 0.4) is 0 Å². The molecule has 3 nitrogen and oxygen atoms in total. The minimum atomic E-state index is -0.979. The van der Waals surface area contributed by atoms with Crippen molar-refractivity contribution in [2.45, 2.75) is 0 Å². The lowest BCUT2D eigenvalue weighted by atomic mass is 10.1. The SMILES string of the molecule is Nc1cn(-c2cccc(F)c2)nc1-c1ccc(F)c(F)c1. The number of hydrogen-bond acceptors (Lipinski definition) is 2. The van der Waals surface area contributed by atoms with Crippen LogP contribution in [-0.2, 0) is 0 Å². The number of halogens is 3. The Kier molecular flexibility index (Phi) is 3.13. The molecule has 0 unspecified atom stereocenters. The van der Waals surface area contributed by atoms with Crippen LogP contribution in [0.15, 0.2) is 48.7 Å². The van der Waals surface area contributed by atoms with Gasteiger partial charge in [0.05, 0.1) is 17.6 Å². The summed E-state index contributed by atoms with van der Waals surface area (Å²) in [5.41, 5.74) is 7.26. The minimum absolute atomic E-state index is 0.283. The van der Waals surface area contributed by atoms with Crippen LogP contribution in [0.25, 0.3) is 16.9 Å². The quantitative estimate of drug-likeness (QED) is 0.784. The van der Waals surface area contributed by atoms with Gasteiger partial charge in [0.2, 0.25) is 0 Å². The zero-order valence-corrected chi connectivity index (χ0v) is 10.7. The molecular weight excluding hydrogens is 279 g/mol. The number of hydrogen-bond donors (Lipinski definition) is 1. The minimum Gasteiger partial charge on any atom is -0.396 e. The van der Waals surface area contributed by atoms with Crippen molar-refractivity contribution in [3.8, 4) is 16.9 Å². The third kappa shape index (κ3) is 2.47. The van der Waals surface area contributed by atoms with E-state index in [-0.39, 0.29) is 5.69 Å². The molecule has 0 saturated heterocycles. The molecule has 0 fully saturated rings. The maximum Gasteiger partial charge on any atom is 0.159 e. The average molecular weight is 289 g/mol. The highest BCUT2D eigenvalue weighted by molar-refractivity contribution is 5.72. The summed E-state index contributed by atoms with van der Waals surface area (Å²) in [7, 11) is 0. The van der Waals surface area contributed by atoms with Gasteiger partial charge in [-0.2, -0.15) is 5.10 Å². The zero-order valence-electron chi connectivity index (χ0n) is 10.7. The van der Waals surface area contributed by atoms with Crippen LogP contribution in [-0.4, -0.2) is 9.78 Å². The molecule has 2 N–H and O–H groups in total. The Morgan fingerprint density at radius 1 is 0.952 bits per heavy atom. The molecule has 1 aromatic heterocycles. The summed E-state index contributed by atoms with van der Waals surface area (Å²) >= 11 is 0. The van der Waals surface area contributed by atoms with Gasteiger partial charge < -0.3 is 5.73 Å². The van der Waals surface area contributed by atoms with Crippen molar-refractivity contribution in [3.05, 3.63) is 66.1 Å². The molecule has 0 bridgehead atoms. The molecule has 1 heterocycles. The molecule has 0 saturated carbocycles. The van der Waals surface area contributed by atoms with Crippen molar-refractivity contribution in [3.63, 3.8) is 0 Å². The Morgan fingerprint density at radius 2 is 1.76 bits per heavy atom. The van der Waals surface area contributed by atoms with Gasteiger partial charge in [0.15, 0.2) is 11.6 Å². The lowest BCUT2D eigenvalue weighted by Gasteiger charge is -2.01. The lowest BCUT2D eigenvalue weighted by molar-refractivity contribution is 0.509. The topological polar surface area (TPSA) is 43.8 Å². The maximum atomic E-state index is 13.3. The summed E-state index contributed by atoms with van der Waals surface area (Å²) in [6, 6.07) is 9.21. The monoisotopic (exact) mass is 289 g/mol. The van der Waals surface area contributed by atoms with Gasteiger partial charge in [-0.1, -0.05) is 6.07 Å². The fourth-order valence-corrected chi connectivity index (χ4v) is 2.01. The summed E-state index contributed by atoms with van der Waals surface area (Å²) in [5.74, 6) is -2.33. The van der Waals surface area contributed by atoms with Crippen molar-refractivity contribution >= 4 is 5.69 Å². The molecule has 6 heteroatoms. The molecule has 0 amide bonds. The van der Waals surface area contributed by atoms with Crippen LogP contribution >= 0.6 is 0 Å². The maximum absolute atomic E-state index is 13.3. The van der Waals surface area contributed by atoms with Crippen molar-refractivity contribution in [2.24, 2.45) is 0 Å². The predicted molar refractivity (Wildman–Crippen MR) is 73.3 cm³/mol. The number of benzene rings is 2. The molecular formula is C15H10F3N3. The Hall–Kier alpha value is -2.76. The van der Waals surface area contributed by atoms with Gasteiger partial charge in [0.25, 0.3) is 0 Å². The number of nitrogens with zero attached hydrogens (tertiary/aromatic N) is 2. The highest BCUT2D eigenvalue weighted by Gasteiger charge is 2.12. The summed E-state index contributed by atoms with van der Waals surface area (Å²) in [6.45, 7) is 0. The molecule has 3 rings (SSSR count). The largest absolute Gasteiger partial charge is 0.396 e. The number of anilines is 1. The van der Waals surface area contributed by atoms with Gasteiger partial charge in [-0.15, -0.1) is 0 Å². The highest BCUT2D eigenvalue weighted by Crippen LogP contribution is 2.26. The van der Waals surface area contributed by atoms with Gasteiger partial charge in [0.1, 0.15) is 11.5 Å². The van der Waals surface area contributed by atoms with E-state index in [4.69, 9.17) is 5.73 Å². The second kappa shape index (κ2) is 4.97. The van der Waals surface area contributed by atoms with E-state index < -0.39 is 17.5 Å². The molecule has 3 aromatic rings. The van der Waals surface area contributed by atoms with E-state index in [9.17, 15) is 13.2 Å². The number of rotatable bonds is 2. The van der Waals surface area contributed by atoms with Gasteiger partial charge in [-0.25, -0.2) is 17.9 Å². The first-order chi connectivity index (χ1) is 10.0. The Bertz CT molecular complexity index is 812. The molecule has 0 aliphatic rings. The van der Waals surface area contributed by atoms with E-state index in [2.05, 4.69) is 5.10 Å². The van der Waals surface area contributed by atoms with Crippen molar-refractivity contribution in [1.29, 1.82) is 0 Å². The van der Waals surface area contributed by atoms with Crippen molar-refractivity contribution in [1.82, 2.24) is 9.78 Å². The molecule has 0 spiro atoms. The number of aromatic nitrogens is 2. The Morgan fingerprint density at radius 3 is 2.48 bits per heavy atom. The van der Waals surface area contributed by atoms with E-state index >= 15 is 0 Å². The third-order valence-electron chi connectivity index (χ3n) is 3.01. The van der Waals surface area contributed by atoms with E-state index in [0.717, 1.165) is 12.1 Å². The van der Waals surface area contributed by atoms with Crippen LogP contribution in [0.2, 0.25) is 0 Å². The first-order valence-electron chi connectivity index (χ1n) is 6.11. The molecule has 106 valence electrons. The van der Waals surface area contributed by atoms with E-state index in [1.165, 1.54) is 29.1 Å². The Labute approximate surface area is 118 Å². The number of nitrogen functional groups attached to an aromatic ring is 1. The van der Waals surface area contributed by atoms with Crippen LogP contribution in [0.1, 0.15) is 0 Å². The third-order valence-corrected chi connectivity index (χ3v) is 3.01. The number of nitrogens with two attached hydrogens (primary N) is 1. The summed E-state index contributed by atoms with van der Waals surface area (Å²) < 4.78 is 40.8. The predicted octanol–water partition coefficient (Wildman–Crippen LogP) is 3.54. The molecule has 0 atom stereocenters. The van der Waals surface area contributed by atoms with Gasteiger partial charge in [0, 0.05) is 5.56 Å². The molecule has 0 radical (unpaired) electrons. The van der Waals surface area contributed by atoms with Gasteiger partial charge in [-0.05, 0) is 36.4 Å². The van der Waals surface area contributed by atoms with E-state index in [1.807, 2.05) is 0 Å². The molecule has 0 aliphatic heterocycles. The fourth-order valence-electron chi connectivity index (χ4n) is 2.01. The van der Waals surface area contributed by atoms with Crippen LogP contribution in [0, 0.1) is 17.5 Å². The van der Waals surface area contributed by atoms with Gasteiger partial charge >= 0.3 is 0 Å². The fraction of sp³-hybridized carbons (Fsp3) is 0. The van der Waals surface area contributed by atoms with Crippen LogP contribution in [0.4, 0.5) is 18.9 Å². The van der Waals surface area contributed by atoms with Crippen LogP contribution < -0.4 is 5.73 Å². The normalized spacial score (nSPS) is 10.8. The van der Waals surface area contributed by atoms with Crippen molar-refractivity contribution < 1.29 is 13.2 Å². The van der Waals surface area contributed by atoms with Gasteiger partial charge in [-0.3, -0.25) is 0 Å². The molecule has 0 aliphatic carbocycles. The average Bonchev–Trinajstić information content (AvgIpc) is 2.84. The second-order valence-electron chi connectivity index (χ2n) is 4.49. The standard InChI is InChI=1S/C15H10F3N3/c16-10-2-1-3-11(7-10)21-8-14(19)15(20-21)9-4-5-12(17)13(18)6-9/h1-8H,19H2. The summed E-state index contributed by atoms with van der Waals surface area (Å²) in [4.78, 5) is 0. The molecule has 2 aromatic carbocycles. The first kappa shape index (κ1) is 13.2. The van der Waals surface area contributed by atoms with E-state index in [1.54, 1.807) is 12.1 Å². The smallest absolute Gasteiger partial charge is 0.159 e. The Balaban J connectivity index is 2.07. The molecule has 21 heavy (non-hydrogen) atoms. The highest BCUT2D eigenvalue weighted by atomic mass is 19.2. The zero-order chi connectivity index (χ0) is 15.0.